The first-order chi connectivity index (χ1) is 12.5. The molecule has 1 aliphatic heterocycles. The number of piperazine rings is 1. The minimum absolute atomic E-state index is 0.127. The summed E-state index contributed by atoms with van der Waals surface area (Å²) in [5.74, 6) is 0.807. The fourth-order valence-corrected chi connectivity index (χ4v) is 3.82. The molecule has 0 bridgehead atoms. The number of benzene rings is 1. The lowest BCUT2D eigenvalue weighted by Gasteiger charge is -2.32. The van der Waals surface area contributed by atoms with Gasteiger partial charge in [0, 0.05) is 43.7 Å². The summed E-state index contributed by atoms with van der Waals surface area (Å²) in [5.41, 5.74) is 1.71. The van der Waals surface area contributed by atoms with E-state index in [-0.39, 0.29) is 11.7 Å². The van der Waals surface area contributed by atoms with Crippen LogP contribution in [0, 0.1) is 0 Å². The third kappa shape index (κ3) is 5.09. The molecular weight excluding hydrogens is 351 g/mol. The van der Waals surface area contributed by atoms with Gasteiger partial charge in [0.2, 0.25) is 0 Å². The summed E-state index contributed by atoms with van der Waals surface area (Å²) >= 11 is 6.46. The van der Waals surface area contributed by atoms with Gasteiger partial charge >= 0.3 is 0 Å². The fraction of sp³-hybridized carbons (Fsp3) is 0.524. The van der Waals surface area contributed by atoms with Gasteiger partial charge in [-0.05, 0) is 56.2 Å². The van der Waals surface area contributed by atoms with E-state index in [1.807, 2.05) is 24.3 Å². The van der Waals surface area contributed by atoms with E-state index in [9.17, 15) is 4.39 Å². The average Bonchev–Trinajstić information content (AvgIpc) is 2.63. The molecule has 2 aliphatic rings. The van der Waals surface area contributed by atoms with Crippen molar-refractivity contribution in [3.8, 4) is 5.75 Å². The van der Waals surface area contributed by atoms with Gasteiger partial charge in [0.1, 0.15) is 11.6 Å². The van der Waals surface area contributed by atoms with Crippen LogP contribution in [-0.2, 0) is 0 Å². The number of rotatable bonds is 6. The zero-order valence-corrected chi connectivity index (χ0v) is 16.4. The number of nitrogens with zero attached hydrogens (tertiary/aromatic N) is 2. The summed E-state index contributed by atoms with van der Waals surface area (Å²) in [4.78, 5) is 4.85. The molecule has 0 amide bonds. The number of ether oxygens (including phenoxy) is 1. The SMILES string of the molecule is CC1=CC(c2ccc(OCCCN3CCN(C)CC3)cc2Cl)CC=C1F. The minimum Gasteiger partial charge on any atom is -0.493 e. The first kappa shape index (κ1) is 19.4. The van der Waals surface area contributed by atoms with Crippen molar-refractivity contribution in [3.63, 3.8) is 0 Å². The van der Waals surface area contributed by atoms with Gasteiger partial charge in [0.15, 0.2) is 0 Å². The largest absolute Gasteiger partial charge is 0.493 e. The number of likely N-dealkylation sites (N-methyl/N-ethyl adjacent to an activating group) is 1. The standard InChI is InChI=1S/C21H28ClFN2O/c1-16-14-17(4-7-21(16)23)19-6-5-18(15-20(19)22)26-13-3-8-25-11-9-24(2)10-12-25/h5-7,14-15,17H,3-4,8-13H2,1-2H3. The number of hydrogen-bond donors (Lipinski definition) is 0. The van der Waals surface area contributed by atoms with Gasteiger partial charge in [-0.15, -0.1) is 0 Å². The Bertz CT molecular complexity index is 681. The molecule has 0 N–H and O–H groups in total. The maximum absolute atomic E-state index is 13.5. The van der Waals surface area contributed by atoms with Crippen molar-refractivity contribution in [1.82, 2.24) is 9.80 Å². The molecule has 1 aromatic rings. The van der Waals surface area contributed by atoms with Crippen molar-refractivity contribution in [2.24, 2.45) is 0 Å². The third-order valence-corrected chi connectivity index (χ3v) is 5.56. The normalized spacial score (nSPS) is 22.1. The second-order valence-electron chi connectivity index (χ2n) is 7.27. The molecule has 1 unspecified atom stereocenters. The van der Waals surface area contributed by atoms with E-state index in [1.54, 1.807) is 13.0 Å². The first-order valence-corrected chi connectivity index (χ1v) is 9.78. The lowest BCUT2D eigenvalue weighted by molar-refractivity contribution is 0.145. The molecule has 0 aromatic heterocycles. The van der Waals surface area contributed by atoms with E-state index in [1.165, 1.54) is 0 Å². The Balaban J connectivity index is 1.47. The van der Waals surface area contributed by atoms with Gasteiger partial charge in [-0.2, -0.15) is 0 Å². The quantitative estimate of drug-likeness (QED) is 0.670. The van der Waals surface area contributed by atoms with Gasteiger partial charge in [-0.25, -0.2) is 4.39 Å². The van der Waals surface area contributed by atoms with E-state index < -0.39 is 0 Å². The molecule has 3 rings (SSSR count). The average molecular weight is 379 g/mol. The molecule has 26 heavy (non-hydrogen) atoms. The Hall–Kier alpha value is -1.36. The van der Waals surface area contributed by atoms with Crippen LogP contribution in [0.25, 0.3) is 0 Å². The summed E-state index contributed by atoms with van der Waals surface area (Å²) in [5, 5.41) is 0.686. The molecule has 142 valence electrons. The maximum atomic E-state index is 13.5. The predicted octanol–water partition coefficient (Wildman–Crippen LogP) is 4.64. The highest BCUT2D eigenvalue weighted by atomic mass is 35.5. The molecule has 0 spiro atoms. The Morgan fingerprint density at radius 1 is 1.23 bits per heavy atom. The Morgan fingerprint density at radius 3 is 2.69 bits per heavy atom. The van der Waals surface area contributed by atoms with Crippen LogP contribution in [0.1, 0.15) is 31.2 Å². The number of halogens is 2. The van der Waals surface area contributed by atoms with Gasteiger partial charge in [0.05, 0.1) is 6.61 Å². The van der Waals surface area contributed by atoms with Crippen molar-refractivity contribution in [1.29, 1.82) is 0 Å². The smallest absolute Gasteiger partial charge is 0.121 e. The van der Waals surface area contributed by atoms with Crippen LogP contribution in [0.15, 0.2) is 41.8 Å². The molecule has 1 heterocycles. The number of hydrogen-bond acceptors (Lipinski definition) is 3. The zero-order chi connectivity index (χ0) is 18.5. The monoisotopic (exact) mass is 378 g/mol. The van der Waals surface area contributed by atoms with E-state index in [2.05, 4.69) is 16.8 Å². The maximum Gasteiger partial charge on any atom is 0.121 e. The van der Waals surface area contributed by atoms with E-state index in [4.69, 9.17) is 16.3 Å². The Kier molecular flexibility index (Phi) is 6.74. The van der Waals surface area contributed by atoms with Crippen LogP contribution in [0.3, 0.4) is 0 Å². The van der Waals surface area contributed by atoms with E-state index >= 15 is 0 Å². The van der Waals surface area contributed by atoms with Crippen molar-refractivity contribution < 1.29 is 9.13 Å². The highest BCUT2D eigenvalue weighted by Gasteiger charge is 2.18. The van der Waals surface area contributed by atoms with Gasteiger partial charge < -0.3 is 14.5 Å². The summed E-state index contributed by atoms with van der Waals surface area (Å²) in [7, 11) is 2.17. The van der Waals surface area contributed by atoms with Crippen molar-refractivity contribution >= 4 is 11.6 Å². The van der Waals surface area contributed by atoms with Crippen LogP contribution >= 0.6 is 11.6 Å². The topological polar surface area (TPSA) is 15.7 Å². The van der Waals surface area contributed by atoms with E-state index in [0.29, 0.717) is 23.6 Å². The summed E-state index contributed by atoms with van der Waals surface area (Å²) in [6.07, 6.45) is 5.25. The van der Waals surface area contributed by atoms with Crippen molar-refractivity contribution in [2.75, 3.05) is 46.4 Å². The highest BCUT2D eigenvalue weighted by Crippen LogP contribution is 2.36. The molecule has 1 saturated heterocycles. The molecule has 1 aromatic carbocycles. The van der Waals surface area contributed by atoms with Gasteiger partial charge in [0.25, 0.3) is 0 Å². The molecule has 0 saturated carbocycles. The van der Waals surface area contributed by atoms with Gasteiger partial charge in [-0.1, -0.05) is 23.7 Å². The first-order valence-electron chi connectivity index (χ1n) is 9.40. The summed E-state index contributed by atoms with van der Waals surface area (Å²) < 4.78 is 19.4. The van der Waals surface area contributed by atoms with Gasteiger partial charge in [-0.3, -0.25) is 0 Å². The summed E-state index contributed by atoms with van der Waals surface area (Å²) in [6.45, 7) is 8.13. The molecule has 0 radical (unpaired) electrons. The highest BCUT2D eigenvalue weighted by molar-refractivity contribution is 6.31. The van der Waals surface area contributed by atoms with Crippen molar-refractivity contribution in [2.45, 2.75) is 25.7 Å². The predicted molar refractivity (Wildman–Crippen MR) is 106 cm³/mol. The van der Waals surface area contributed by atoms with Crippen LogP contribution in [-0.4, -0.2) is 56.2 Å². The zero-order valence-electron chi connectivity index (χ0n) is 15.7. The second kappa shape index (κ2) is 9.03. The third-order valence-electron chi connectivity index (χ3n) is 5.23. The molecule has 1 fully saturated rings. The van der Waals surface area contributed by atoms with Crippen molar-refractivity contribution in [3.05, 3.63) is 52.3 Å². The van der Waals surface area contributed by atoms with Crippen LogP contribution in [0.4, 0.5) is 4.39 Å². The van der Waals surface area contributed by atoms with Crippen LogP contribution < -0.4 is 4.74 Å². The van der Waals surface area contributed by atoms with Crippen LogP contribution in [0.5, 0.6) is 5.75 Å². The minimum atomic E-state index is -0.127. The molecule has 1 aliphatic carbocycles. The lowest BCUT2D eigenvalue weighted by atomic mass is 9.89. The van der Waals surface area contributed by atoms with E-state index in [0.717, 1.165) is 50.5 Å². The molecule has 5 heteroatoms. The fourth-order valence-electron chi connectivity index (χ4n) is 3.51. The van der Waals surface area contributed by atoms with Crippen LogP contribution in [0.2, 0.25) is 5.02 Å². The molecule has 3 nitrogen and oxygen atoms in total. The Morgan fingerprint density at radius 2 is 2.00 bits per heavy atom. The summed E-state index contributed by atoms with van der Waals surface area (Å²) in [6, 6.07) is 5.85. The second-order valence-corrected chi connectivity index (χ2v) is 7.68. The lowest BCUT2D eigenvalue weighted by Crippen LogP contribution is -2.44. The molecular formula is C21H28ClFN2O. The number of allylic oxidation sites excluding steroid dienone is 4. The molecule has 1 atom stereocenters. The Labute approximate surface area is 161 Å².